The van der Waals surface area contributed by atoms with Crippen LogP contribution in [0.25, 0.3) is 0 Å². The molecule has 0 aliphatic heterocycles. The largest absolute Gasteiger partial charge is 0.416 e. The number of hydrogen-bond acceptors (Lipinski definition) is 3. The van der Waals surface area contributed by atoms with Crippen molar-refractivity contribution in [2.45, 2.75) is 32.2 Å². The van der Waals surface area contributed by atoms with Crippen molar-refractivity contribution in [3.63, 3.8) is 0 Å². The van der Waals surface area contributed by atoms with Gasteiger partial charge in [0.15, 0.2) is 6.10 Å². The summed E-state index contributed by atoms with van der Waals surface area (Å²) in [6, 6.07) is -0.870. The zero-order chi connectivity index (χ0) is 12.2. The molecular formula is C8H15F3N2O2. The van der Waals surface area contributed by atoms with E-state index in [2.05, 4.69) is 0 Å². The predicted octanol–water partition coefficient (Wildman–Crippen LogP) is 0.00910. The highest BCUT2D eigenvalue weighted by molar-refractivity contribution is 5.81. The minimum Gasteiger partial charge on any atom is -0.382 e. The number of carbonyl (C=O) groups is 1. The van der Waals surface area contributed by atoms with Gasteiger partial charge in [-0.2, -0.15) is 13.2 Å². The molecule has 0 aromatic rings. The van der Waals surface area contributed by atoms with Gasteiger partial charge in [0.25, 0.3) is 0 Å². The van der Waals surface area contributed by atoms with Crippen molar-refractivity contribution in [3.8, 4) is 0 Å². The van der Waals surface area contributed by atoms with Crippen LogP contribution in [0.2, 0.25) is 0 Å². The lowest BCUT2D eigenvalue weighted by Gasteiger charge is -2.18. The first-order valence-electron chi connectivity index (χ1n) is 4.44. The molecule has 0 aromatic carbocycles. The second-order valence-electron chi connectivity index (χ2n) is 3.57. The smallest absolute Gasteiger partial charge is 0.382 e. The molecule has 0 saturated heterocycles. The Bertz CT molecular complexity index is 218. The summed E-state index contributed by atoms with van der Waals surface area (Å²) < 4.78 is 35.5. The van der Waals surface area contributed by atoms with E-state index in [1.54, 1.807) is 13.8 Å². The van der Waals surface area contributed by atoms with E-state index < -0.39 is 30.8 Å². The van der Waals surface area contributed by atoms with Crippen LogP contribution >= 0.6 is 0 Å². The molecule has 7 heteroatoms. The van der Waals surface area contributed by atoms with Crippen LogP contribution in [0.3, 0.4) is 0 Å². The number of aliphatic hydroxyl groups is 1. The zero-order valence-electron chi connectivity index (χ0n) is 8.51. The van der Waals surface area contributed by atoms with Gasteiger partial charge in [-0.25, -0.2) is 0 Å². The van der Waals surface area contributed by atoms with Crippen molar-refractivity contribution in [1.29, 1.82) is 0 Å². The number of nitrogens with two attached hydrogens (primary N) is 1. The lowest BCUT2D eigenvalue weighted by molar-refractivity contribution is -0.201. The Kier molecular flexibility index (Phi) is 5.02. The summed E-state index contributed by atoms with van der Waals surface area (Å²) in [6.45, 7) is 2.47. The van der Waals surface area contributed by atoms with Gasteiger partial charge in [-0.15, -0.1) is 0 Å². The topological polar surface area (TPSA) is 75.4 Å². The molecule has 15 heavy (non-hydrogen) atoms. The number of hydrogen-bond donors (Lipinski definition) is 3. The molecule has 4 N–H and O–H groups in total. The van der Waals surface area contributed by atoms with Crippen molar-refractivity contribution in [2.24, 2.45) is 11.7 Å². The van der Waals surface area contributed by atoms with Crippen molar-refractivity contribution < 1.29 is 23.1 Å². The molecule has 1 amide bonds. The van der Waals surface area contributed by atoms with Gasteiger partial charge in [0.1, 0.15) is 0 Å². The number of carbonyl (C=O) groups excluding carboxylic acids is 1. The fourth-order valence-corrected chi connectivity index (χ4v) is 0.734. The number of aliphatic hydroxyl groups excluding tert-OH is 1. The third-order valence-electron chi connectivity index (χ3n) is 1.87. The molecule has 0 fully saturated rings. The van der Waals surface area contributed by atoms with E-state index in [4.69, 9.17) is 10.8 Å². The molecule has 0 heterocycles. The van der Waals surface area contributed by atoms with E-state index in [0.717, 1.165) is 0 Å². The molecule has 90 valence electrons. The summed E-state index contributed by atoms with van der Waals surface area (Å²) >= 11 is 0. The maximum absolute atomic E-state index is 11.8. The fraction of sp³-hybridized carbons (Fsp3) is 0.875. The van der Waals surface area contributed by atoms with Crippen LogP contribution in [0, 0.1) is 5.92 Å². The van der Waals surface area contributed by atoms with Gasteiger partial charge in [0.2, 0.25) is 5.91 Å². The van der Waals surface area contributed by atoms with E-state index in [1.165, 1.54) is 0 Å². The molecule has 2 unspecified atom stereocenters. The molecule has 0 saturated carbocycles. The Labute approximate surface area is 85.6 Å². The SMILES string of the molecule is CC(C)C(N)C(=O)NCC(O)C(F)(F)F. The van der Waals surface area contributed by atoms with E-state index in [1.807, 2.05) is 5.32 Å². The normalized spacial score (nSPS) is 16.3. The Morgan fingerprint density at radius 2 is 1.93 bits per heavy atom. The Hall–Kier alpha value is -0.820. The highest BCUT2D eigenvalue weighted by Gasteiger charge is 2.38. The van der Waals surface area contributed by atoms with E-state index in [-0.39, 0.29) is 5.92 Å². The van der Waals surface area contributed by atoms with Gasteiger partial charge in [0, 0.05) is 0 Å². The van der Waals surface area contributed by atoms with Crippen LogP contribution in [0.5, 0.6) is 0 Å². The molecule has 0 radical (unpaired) electrons. The standard InChI is InChI=1S/C8H15F3N2O2/c1-4(2)6(12)7(15)13-3-5(14)8(9,10)11/h4-6,14H,3,12H2,1-2H3,(H,13,15). The lowest BCUT2D eigenvalue weighted by Crippen LogP contribution is -2.48. The molecule has 0 aromatic heterocycles. The van der Waals surface area contributed by atoms with E-state index >= 15 is 0 Å². The van der Waals surface area contributed by atoms with Crippen LogP contribution in [0.1, 0.15) is 13.8 Å². The molecule has 0 aliphatic rings. The van der Waals surface area contributed by atoms with E-state index in [9.17, 15) is 18.0 Å². The predicted molar refractivity (Wildman–Crippen MR) is 47.9 cm³/mol. The minimum absolute atomic E-state index is 0.173. The summed E-state index contributed by atoms with van der Waals surface area (Å²) in [5.41, 5.74) is 5.38. The summed E-state index contributed by atoms with van der Waals surface area (Å²) in [5.74, 6) is -0.874. The van der Waals surface area contributed by atoms with Crippen molar-refractivity contribution in [1.82, 2.24) is 5.32 Å². The molecular weight excluding hydrogens is 213 g/mol. The minimum atomic E-state index is -4.73. The Morgan fingerprint density at radius 1 is 1.47 bits per heavy atom. The van der Waals surface area contributed by atoms with Gasteiger partial charge in [0.05, 0.1) is 12.6 Å². The molecule has 0 rings (SSSR count). The highest BCUT2D eigenvalue weighted by atomic mass is 19.4. The maximum Gasteiger partial charge on any atom is 0.416 e. The first kappa shape index (κ1) is 14.2. The Balaban J connectivity index is 4.02. The second-order valence-corrected chi connectivity index (χ2v) is 3.57. The van der Waals surface area contributed by atoms with Crippen LogP contribution in [-0.2, 0) is 4.79 Å². The number of nitrogens with one attached hydrogen (secondary N) is 1. The number of rotatable bonds is 4. The van der Waals surface area contributed by atoms with Gasteiger partial charge in [-0.3, -0.25) is 4.79 Å². The molecule has 0 spiro atoms. The maximum atomic E-state index is 11.8. The van der Waals surface area contributed by atoms with Crippen LogP contribution in [0.15, 0.2) is 0 Å². The van der Waals surface area contributed by atoms with Gasteiger partial charge in [-0.1, -0.05) is 13.8 Å². The average Bonchev–Trinajstić information content (AvgIpc) is 2.10. The number of alkyl halides is 3. The average molecular weight is 228 g/mol. The van der Waals surface area contributed by atoms with Crippen molar-refractivity contribution >= 4 is 5.91 Å². The summed E-state index contributed by atoms with van der Waals surface area (Å²) in [6.07, 6.45) is -7.28. The zero-order valence-corrected chi connectivity index (χ0v) is 8.51. The Morgan fingerprint density at radius 3 is 2.27 bits per heavy atom. The lowest BCUT2D eigenvalue weighted by atomic mass is 10.1. The summed E-state index contributed by atoms with van der Waals surface area (Å²) in [4.78, 5) is 11.1. The quantitative estimate of drug-likeness (QED) is 0.634. The van der Waals surface area contributed by atoms with Gasteiger partial charge < -0.3 is 16.2 Å². The number of amides is 1. The molecule has 0 aliphatic carbocycles. The molecule has 4 nitrogen and oxygen atoms in total. The summed E-state index contributed by atoms with van der Waals surface area (Å²) in [7, 11) is 0. The molecule has 2 atom stereocenters. The third-order valence-corrected chi connectivity index (χ3v) is 1.87. The van der Waals surface area contributed by atoms with Crippen molar-refractivity contribution in [3.05, 3.63) is 0 Å². The van der Waals surface area contributed by atoms with Crippen LogP contribution in [-0.4, -0.2) is 35.9 Å². The van der Waals surface area contributed by atoms with Gasteiger partial charge in [-0.05, 0) is 5.92 Å². The number of halogens is 3. The summed E-state index contributed by atoms with van der Waals surface area (Å²) in [5, 5.41) is 10.5. The van der Waals surface area contributed by atoms with Crippen LogP contribution in [0.4, 0.5) is 13.2 Å². The van der Waals surface area contributed by atoms with Gasteiger partial charge >= 0.3 is 6.18 Å². The molecule has 0 bridgehead atoms. The van der Waals surface area contributed by atoms with Crippen LogP contribution < -0.4 is 11.1 Å². The first-order chi connectivity index (χ1) is 6.66. The van der Waals surface area contributed by atoms with E-state index in [0.29, 0.717) is 0 Å². The first-order valence-corrected chi connectivity index (χ1v) is 4.44. The second kappa shape index (κ2) is 5.32. The third kappa shape index (κ3) is 4.98. The highest BCUT2D eigenvalue weighted by Crippen LogP contribution is 2.19. The monoisotopic (exact) mass is 228 g/mol. The van der Waals surface area contributed by atoms with Crippen molar-refractivity contribution in [2.75, 3.05) is 6.54 Å². The fourth-order valence-electron chi connectivity index (χ4n) is 0.734.